The zero-order chi connectivity index (χ0) is 5.98. The Balaban J connectivity index is 2.19. The van der Waals surface area contributed by atoms with Crippen LogP contribution < -0.4 is 5.32 Å². The Morgan fingerprint density at radius 2 is 2.25 bits per heavy atom. The number of nitrogens with zero attached hydrogens (tertiary/aromatic N) is 1. The van der Waals surface area contributed by atoms with E-state index in [0.717, 1.165) is 13.2 Å². The van der Waals surface area contributed by atoms with Crippen LogP contribution in [-0.4, -0.2) is 25.3 Å². The first-order valence-corrected chi connectivity index (χ1v) is 3.07. The fraction of sp³-hybridized carbons (Fsp3) is 1.00. The summed E-state index contributed by atoms with van der Waals surface area (Å²) in [6, 6.07) is 0.422. The maximum Gasteiger partial charge on any atom is 0.0688 e. The van der Waals surface area contributed by atoms with E-state index in [0.29, 0.717) is 12.1 Å². The molecule has 0 bridgehead atoms. The van der Waals surface area contributed by atoms with Crippen molar-refractivity contribution >= 4 is 0 Å². The SMILES string of the molecule is C[C@@H]1C[N][C@@H](C)CO1. The van der Waals surface area contributed by atoms with Crippen molar-refractivity contribution in [2.75, 3.05) is 13.2 Å². The van der Waals surface area contributed by atoms with E-state index in [4.69, 9.17) is 4.74 Å². The molecule has 2 heteroatoms. The van der Waals surface area contributed by atoms with E-state index in [1.807, 2.05) is 0 Å². The molecule has 0 amide bonds. The molecular formula is C6H12NO. The molecule has 1 radical (unpaired) electrons. The predicted octanol–water partition coefficient (Wildman–Crippen LogP) is 0.398. The second kappa shape index (κ2) is 2.46. The van der Waals surface area contributed by atoms with Crippen LogP contribution in [0.5, 0.6) is 0 Å². The van der Waals surface area contributed by atoms with Crippen LogP contribution in [0.2, 0.25) is 0 Å². The number of morpholine rings is 1. The maximum atomic E-state index is 5.30. The quantitative estimate of drug-likeness (QED) is 0.447. The summed E-state index contributed by atoms with van der Waals surface area (Å²) in [4.78, 5) is 0. The van der Waals surface area contributed by atoms with Gasteiger partial charge in [0, 0.05) is 12.6 Å². The van der Waals surface area contributed by atoms with Crippen LogP contribution in [0.25, 0.3) is 0 Å². The first-order valence-electron chi connectivity index (χ1n) is 3.07. The van der Waals surface area contributed by atoms with Crippen LogP contribution in [0, 0.1) is 0 Å². The summed E-state index contributed by atoms with van der Waals surface area (Å²) >= 11 is 0. The van der Waals surface area contributed by atoms with Crippen LogP contribution in [0.3, 0.4) is 0 Å². The molecule has 0 spiro atoms. The minimum atomic E-state index is 0.353. The Morgan fingerprint density at radius 3 is 2.62 bits per heavy atom. The molecule has 0 unspecified atom stereocenters. The molecule has 1 aliphatic heterocycles. The Bertz CT molecular complexity index is 56.9. The van der Waals surface area contributed by atoms with Crippen LogP contribution in [0.4, 0.5) is 0 Å². The Kier molecular flexibility index (Phi) is 1.86. The second-order valence-corrected chi connectivity index (χ2v) is 2.36. The van der Waals surface area contributed by atoms with E-state index >= 15 is 0 Å². The molecule has 1 heterocycles. The van der Waals surface area contributed by atoms with Crippen molar-refractivity contribution in [2.24, 2.45) is 0 Å². The van der Waals surface area contributed by atoms with E-state index in [2.05, 4.69) is 19.2 Å². The van der Waals surface area contributed by atoms with Crippen molar-refractivity contribution in [3.05, 3.63) is 0 Å². The molecule has 47 valence electrons. The van der Waals surface area contributed by atoms with E-state index in [9.17, 15) is 0 Å². The fourth-order valence-corrected chi connectivity index (χ4v) is 0.737. The van der Waals surface area contributed by atoms with Crippen molar-refractivity contribution in [1.82, 2.24) is 5.32 Å². The minimum Gasteiger partial charge on any atom is -0.375 e. The average Bonchev–Trinajstić information content (AvgIpc) is 1.77. The molecule has 1 rings (SSSR count). The van der Waals surface area contributed by atoms with Gasteiger partial charge in [0.05, 0.1) is 12.7 Å². The Hall–Kier alpha value is -0.0800. The van der Waals surface area contributed by atoms with Gasteiger partial charge in [-0.05, 0) is 13.8 Å². The van der Waals surface area contributed by atoms with Crippen molar-refractivity contribution < 1.29 is 4.74 Å². The highest BCUT2D eigenvalue weighted by Gasteiger charge is 2.13. The van der Waals surface area contributed by atoms with Crippen LogP contribution in [-0.2, 0) is 4.74 Å². The standard InChI is InChI=1S/C6H12NO/c1-5-4-8-6(2)3-7-5/h5-6H,3-4H2,1-2H3/t5-,6+/m0/s1. The predicted molar refractivity (Wildman–Crippen MR) is 31.9 cm³/mol. The fourth-order valence-electron chi connectivity index (χ4n) is 0.737. The molecule has 0 saturated carbocycles. The average molecular weight is 114 g/mol. The van der Waals surface area contributed by atoms with Crippen LogP contribution in [0.15, 0.2) is 0 Å². The summed E-state index contributed by atoms with van der Waals surface area (Å²) in [5.41, 5.74) is 0. The molecule has 2 nitrogen and oxygen atoms in total. The first-order chi connectivity index (χ1) is 3.79. The highest BCUT2D eigenvalue weighted by atomic mass is 16.5. The molecule has 1 fully saturated rings. The molecule has 8 heavy (non-hydrogen) atoms. The van der Waals surface area contributed by atoms with Gasteiger partial charge in [-0.15, -0.1) is 0 Å². The number of hydrogen-bond donors (Lipinski definition) is 0. The van der Waals surface area contributed by atoms with Crippen LogP contribution in [0.1, 0.15) is 13.8 Å². The molecule has 0 N–H and O–H groups in total. The number of rotatable bonds is 0. The molecule has 0 aromatic heterocycles. The highest BCUT2D eigenvalue weighted by molar-refractivity contribution is 4.67. The zero-order valence-corrected chi connectivity index (χ0v) is 5.42. The van der Waals surface area contributed by atoms with Gasteiger partial charge in [0.1, 0.15) is 0 Å². The third kappa shape index (κ3) is 1.46. The van der Waals surface area contributed by atoms with Gasteiger partial charge >= 0.3 is 0 Å². The zero-order valence-electron chi connectivity index (χ0n) is 5.42. The largest absolute Gasteiger partial charge is 0.375 e. The van der Waals surface area contributed by atoms with Crippen molar-refractivity contribution in [3.8, 4) is 0 Å². The van der Waals surface area contributed by atoms with Crippen molar-refractivity contribution in [3.63, 3.8) is 0 Å². The number of ether oxygens (including phenoxy) is 1. The van der Waals surface area contributed by atoms with Crippen LogP contribution >= 0.6 is 0 Å². The van der Waals surface area contributed by atoms with E-state index < -0.39 is 0 Å². The van der Waals surface area contributed by atoms with Crippen molar-refractivity contribution in [1.29, 1.82) is 0 Å². The summed E-state index contributed by atoms with van der Waals surface area (Å²) in [5.74, 6) is 0. The smallest absolute Gasteiger partial charge is 0.0688 e. The van der Waals surface area contributed by atoms with Gasteiger partial charge in [-0.3, -0.25) is 0 Å². The molecule has 0 aromatic rings. The van der Waals surface area contributed by atoms with Gasteiger partial charge in [0.25, 0.3) is 0 Å². The summed E-state index contributed by atoms with van der Waals surface area (Å²) in [7, 11) is 0. The number of hydrogen-bond acceptors (Lipinski definition) is 1. The van der Waals surface area contributed by atoms with Gasteiger partial charge in [0.15, 0.2) is 0 Å². The third-order valence-corrected chi connectivity index (χ3v) is 1.30. The topological polar surface area (TPSA) is 23.3 Å². The lowest BCUT2D eigenvalue weighted by molar-refractivity contribution is 0.0176. The lowest BCUT2D eigenvalue weighted by Crippen LogP contribution is -2.38. The monoisotopic (exact) mass is 114 g/mol. The summed E-state index contributed by atoms with van der Waals surface area (Å²) in [6.07, 6.45) is 0.353. The van der Waals surface area contributed by atoms with Gasteiger partial charge in [-0.1, -0.05) is 0 Å². The molecule has 2 atom stereocenters. The minimum absolute atomic E-state index is 0.353. The Morgan fingerprint density at radius 1 is 1.50 bits per heavy atom. The second-order valence-electron chi connectivity index (χ2n) is 2.36. The molecular weight excluding hydrogens is 102 g/mol. The molecule has 0 aromatic carbocycles. The molecule has 0 aliphatic carbocycles. The lowest BCUT2D eigenvalue weighted by atomic mass is 10.3. The summed E-state index contributed by atoms with van der Waals surface area (Å²) in [5, 5.41) is 4.29. The molecule has 1 aliphatic rings. The van der Waals surface area contributed by atoms with Gasteiger partial charge in [-0.25, -0.2) is 5.32 Å². The highest BCUT2D eigenvalue weighted by Crippen LogP contribution is 1.99. The maximum absolute atomic E-state index is 5.30. The van der Waals surface area contributed by atoms with Gasteiger partial charge < -0.3 is 4.74 Å². The Labute approximate surface area is 50.2 Å². The normalized spacial score (nSPS) is 39.8. The van der Waals surface area contributed by atoms with E-state index in [1.165, 1.54) is 0 Å². The van der Waals surface area contributed by atoms with E-state index in [-0.39, 0.29) is 0 Å². The lowest BCUT2D eigenvalue weighted by Gasteiger charge is -2.23. The molecule has 1 saturated heterocycles. The summed E-state index contributed by atoms with van der Waals surface area (Å²) in [6.45, 7) is 5.81. The van der Waals surface area contributed by atoms with Gasteiger partial charge in [0.2, 0.25) is 0 Å². The van der Waals surface area contributed by atoms with Crippen molar-refractivity contribution in [2.45, 2.75) is 26.0 Å². The van der Waals surface area contributed by atoms with Gasteiger partial charge in [-0.2, -0.15) is 0 Å². The summed E-state index contributed by atoms with van der Waals surface area (Å²) < 4.78 is 5.30. The first kappa shape index (κ1) is 6.05. The van der Waals surface area contributed by atoms with E-state index in [1.54, 1.807) is 0 Å². The third-order valence-electron chi connectivity index (χ3n) is 1.30.